The number of hydroxylamine groups is 2. The van der Waals surface area contributed by atoms with Gasteiger partial charge in [-0.15, -0.1) is 0 Å². The van der Waals surface area contributed by atoms with Gasteiger partial charge in [-0.2, -0.15) is 0 Å². The summed E-state index contributed by atoms with van der Waals surface area (Å²) in [5, 5.41) is 4.79. The Labute approximate surface area is 130 Å². The second-order valence-electron chi connectivity index (χ2n) is 4.91. The Balaban J connectivity index is 1.82. The molecule has 1 aliphatic heterocycles. The highest BCUT2D eigenvalue weighted by molar-refractivity contribution is 6.32. The number of nitrogens with zero attached hydrogens (tertiary/aromatic N) is 1. The van der Waals surface area contributed by atoms with Gasteiger partial charge in [0.2, 0.25) is 0 Å². The van der Waals surface area contributed by atoms with Gasteiger partial charge in [0, 0.05) is 0 Å². The van der Waals surface area contributed by atoms with Crippen LogP contribution in [0.25, 0.3) is 0 Å². The van der Waals surface area contributed by atoms with Crippen molar-refractivity contribution < 1.29 is 14.4 Å². The summed E-state index contributed by atoms with van der Waals surface area (Å²) in [6.07, 6.45) is 2.61. The van der Waals surface area contributed by atoms with E-state index in [1.54, 1.807) is 6.07 Å². The Kier molecular flexibility index (Phi) is 6.14. The first-order chi connectivity index (χ1) is 10.2. The van der Waals surface area contributed by atoms with Crippen LogP contribution in [0.4, 0.5) is 4.79 Å². The molecular weight excluding hydrogens is 292 g/mol. The molecule has 21 heavy (non-hydrogen) atoms. The summed E-state index contributed by atoms with van der Waals surface area (Å²) in [4.78, 5) is 17.2. The molecule has 1 aromatic carbocycles. The van der Waals surface area contributed by atoms with Crippen LogP contribution in [-0.4, -0.2) is 36.9 Å². The highest BCUT2D eigenvalue weighted by Gasteiger charge is 2.19. The molecule has 1 heterocycles. The molecule has 1 atom stereocenters. The van der Waals surface area contributed by atoms with Crippen LogP contribution >= 0.6 is 11.6 Å². The lowest BCUT2D eigenvalue weighted by Gasteiger charge is -2.27. The van der Waals surface area contributed by atoms with Gasteiger partial charge < -0.3 is 10.1 Å². The van der Waals surface area contributed by atoms with Crippen molar-refractivity contribution in [2.24, 2.45) is 0 Å². The fraction of sp³-hybridized carbons (Fsp3) is 0.533. The minimum Gasteiger partial charge on any atom is -0.487 e. The first-order valence-corrected chi connectivity index (χ1v) is 7.68. The molecule has 0 aromatic heterocycles. The zero-order chi connectivity index (χ0) is 15.1. The van der Waals surface area contributed by atoms with Crippen LogP contribution in [0.5, 0.6) is 5.75 Å². The number of halogens is 1. The molecule has 0 spiro atoms. The van der Waals surface area contributed by atoms with E-state index in [-0.39, 0.29) is 12.1 Å². The number of hydrogen-bond donors (Lipinski definition) is 1. The van der Waals surface area contributed by atoms with Crippen molar-refractivity contribution in [1.82, 2.24) is 10.4 Å². The first-order valence-electron chi connectivity index (χ1n) is 7.30. The van der Waals surface area contributed by atoms with E-state index in [4.69, 9.17) is 21.2 Å². The molecular formula is C15H21ClN2O3. The Morgan fingerprint density at radius 2 is 2.29 bits per heavy atom. The van der Waals surface area contributed by atoms with Crippen molar-refractivity contribution in [2.75, 3.05) is 19.7 Å². The van der Waals surface area contributed by atoms with Crippen LogP contribution in [0.1, 0.15) is 26.2 Å². The molecule has 0 bridgehead atoms. The number of nitrogens with one attached hydrogen (secondary N) is 1. The number of carbonyl (C=O) groups excluding carboxylic acids is 1. The summed E-state index contributed by atoms with van der Waals surface area (Å²) in [5.41, 5.74) is 0. The summed E-state index contributed by atoms with van der Waals surface area (Å²) in [6, 6.07) is 7.11. The molecule has 116 valence electrons. The van der Waals surface area contributed by atoms with Crippen LogP contribution in [0.3, 0.4) is 0 Å². The summed E-state index contributed by atoms with van der Waals surface area (Å²) >= 11 is 6.07. The van der Waals surface area contributed by atoms with Gasteiger partial charge in [0.1, 0.15) is 11.9 Å². The third-order valence-electron chi connectivity index (χ3n) is 3.30. The maximum atomic E-state index is 11.9. The first kappa shape index (κ1) is 15.9. The van der Waals surface area contributed by atoms with Crippen LogP contribution in [0, 0.1) is 0 Å². The Hall–Kier alpha value is -1.46. The van der Waals surface area contributed by atoms with Crippen molar-refractivity contribution in [3.8, 4) is 5.75 Å². The summed E-state index contributed by atoms with van der Waals surface area (Å²) < 4.78 is 5.83. The summed E-state index contributed by atoms with van der Waals surface area (Å²) in [7, 11) is 0. The van der Waals surface area contributed by atoms with E-state index in [2.05, 4.69) is 5.32 Å². The summed E-state index contributed by atoms with van der Waals surface area (Å²) in [6.45, 7) is 3.65. The van der Waals surface area contributed by atoms with Crippen LogP contribution in [0.15, 0.2) is 24.3 Å². The standard InChI is InChI=1S/C15H21ClN2O3/c1-2-12(21-14-8-4-3-7-13(14)16)11-17-15(19)18-9-5-6-10-20-18/h3-4,7-8,12H,2,5-6,9-11H2,1H3,(H,17,19). The molecule has 0 radical (unpaired) electrons. The minimum absolute atomic E-state index is 0.126. The lowest BCUT2D eigenvalue weighted by molar-refractivity contribution is -0.139. The van der Waals surface area contributed by atoms with Crippen molar-refractivity contribution in [2.45, 2.75) is 32.3 Å². The molecule has 1 N–H and O–H groups in total. The predicted octanol–water partition coefficient (Wildman–Crippen LogP) is 3.23. The molecule has 1 aliphatic rings. The molecule has 1 fully saturated rings. The topological polar surface area (TPSA) is 50.8 Å². The molecule has 0 saturated carbocycles. The average Bonchev–Trinajstić information content (AvgIpc) is 2.53. The SMILES string of the molecule is CCC(CNC(=O)N1CCCCO1)Oc1ccccc1Cl. The largest absolute Gasteiger partial charge is 0.487 e. The number of benzene rings is 1. The highest BCUT2D eigenvalue weighted by atomic mass is 35.5. The second kappa shape index (κ2) is 8.10. The van der Waals surface area contributed by atoms with E-state index in [1.807, 2.05) is 25.1 Å². The van der Waals surface area contributed by atoms with Gasteiger partial charge in [-0.05, 0) is 31.4 Å². The van der Waals surface area contributed by atoms with E-state index in [0.29, 0.717) is 30.5 Å². The maximum Gasteiger partial charge on any atom is 0.341 e. The maximum absolute atomic E-state index is 11.9. The van der Waals surface area contributed by atoms with E-state index in [0.717, 1.165) is 19.3 Å². The number of rotatable bonds is 5. The van der Waals surface area contributed by atoms with Crippen molar-refractivity contribution in [3.05, 3.63) is 29.3 Å². The van der Waals surface area contributed by atoms with Crippen molar-refractivity contribution >= 4 is 17.6 Å². The number of urea groups is 1. The monoisotopic (exact) mass is 312 g/mol. The normalized spacial score (nSPS) is 16.4. The lowest BCUT2D eigenvalue weighted by Crippen LogP contribution is -2.45. The number of carbonyl (C=O) groups is 1. The molecule has 2 rings (SSSR count). The number of amides is 2. The number of hydrogen-bond acceptors (Lipinski definition) is 3. The second-order valence-corrected chi connectivity index (χ2v) is 5.31. The molecule has 6 heteroatoms. The Morgan fingerprint density at radius 1 is 1.48 bits per heavy atom. The van der Waals surface area contributed by atoms with Gasteiger partial charge in [0.05, 0.1) is 24.7 Å². The Bertz CT molecular complexity index is 464. The Morgan fingerprint density at radius 3 is 2.95 bits per heavy atom. The smallest absolute Gasteiger partial charge is 0.341 e. The molecule has 5 nitrogen and oxygen atoms in total. The van der Waals surface area contributed by atoms with Gasteiger partial charge in [0.15, 0.2) is 0 Å². The van der Waals surface area contributed by atoms with Crippen molar-refractivity contribution in [1.29, 1.82) is 0 Å². The van der Waals surface area contributed by atoms with Crippen LogP contribution < -0.4 is 10.1 Å². The summed E-state index contributed by atoms with van der Waals surface area (Å²) in [5.74, 6) is 0.634. The van der Waals surface area contributed by atoms with Gasteiger partial charge in [-0.1, -0.05) is 30.7 Å². The van der Waals surface area contributed by atoms with Crippen molar-refractivity contribution in [3.63, 3.8) is 0 Å². The van der Waals surface area contributed by atoms with E-state index >= 15 is 0 Å². The number of para-hydroxylation sites is 1. The zero-order valence-electron chi connectivity index (χ0n) is 12.2. The predicted molar refractivity (Wildman–Crippen MR) is 81.4 cm³/mol. The molecule has 1 unspecified atom stereocenters. The fourth-order valence-corrected chi connectivity index (χ4v) is 2.22. The van der Waals surface area contributed by atoms with E-state index < -0.39 is 0 Å². The zero-order valence-corrected chi connectivity index (χ0v) is 12.9. The lowest BCUT2D eigenvalue weighted by atomic mass is 10.2. The average molecular weight is 313 g/mol. The molecule has 1 aromatic rings. The minimum atomic E-state index is -0.212. The number of ether oxygens (including phenoxy) is 1. The fourth-order valence-electron chi connectivity index (χ4n) is 2.04. The van der Waals surface area contributed by atoms with Crippen LogP contribution in [-0.2, 0) is 4.84 Å². The highest BCUT2D eigenvalue weighted by Crippen LogP contribution is 2.24. The molecule has 1 saturated heterocycles. The van der Waals surface area contributed by atoms with Gasteiger partial charge >= 0.3 is 6.03 Å². The van der Waals surface area contributed by atoms with Gasteiger partial charge in [0.25, 0.3) is 0 Å². The quantitative estimate of drug-likeness (QED) is 0.908. The third kappa shape index (κ3) is 4.79. The molecule has 2 amide bonds. The van der Waals surface area contributed by atoms with Gasteiger partial charge in [-0.25, -0.2) is 9.86 Å². The third-order valence-corrected chi connectivity index (χ3v) is 3.61. The van der Waals surface area contributed by atoms with Gasteiger partial charge in [-0.3, -0.25) is 4.84 Å². The van der Waals surface area contributed by atoms with E-state index in [1.165, 1.54) is 5.06 Å². The molecule has 0 aliphatic carbocycles. The van der Waals surface area contributed by atoms with Crippen LogP contribution in [0.2, 0.25) is 5.02 Å². The van der Waals surface area contributed by atoms with E-state index in [9.17, 15) is 4.79 Å².